The van der Waals surface area contributed by atoms with Crippen LogP contribution in [0.15, 0.2) is 0 Å². The molecule has 16 heavy (non-hydrogen) atoms. The van der Waals surface area contributed by atoms with E-state index < -0.39 is 0 Å². The maximum Gasteiger partial charge on any atom is 0.0278 e. The van der Waals surface area contributed by atoms with E-state index in [1.807, 2.05) is 0 Å². The van der Waals surface area contributed by atoms with Gasteiger partial charge in [0.15, 0.2) is 0 Å². The first-order valence-corrected chi connectivity index (χ1v) is 7.03. The van der Waals surface area contributed by atoms with Gasteiger partial charge in [0.05, 0.1) is 0 Å². The summed E-state index contributed by atoms with van der Waals surface area (Å²) in [5.41, 5.74) is 0.312. The van der Waals surface area contributed by atoms with E-state index in [9.17, 15) is 0 Å². The van der Waals surface area contributed by atoms with E-state index in [1.54, 1.807) is 0 Å². The van der Waals surface area contributed by atoms with Gasteiger partial charge in [-0.25, -0.2) is 0 Å². The number of nitrogens with one attached hydrogen (secondary N) is 1. The van der Waals surface area contributed by atoms with Crippen molar-refractivity contribution in [2.24, 2.45) is 0 Å². The number of hydrogen-bond acceptors (Lipinski definition) is 2. The lowest BCUT2D eigenvalue weighted by molar-refractivity contribution is 0.119. The Balaban J connectivity index is 2.70. The molecule has 0 aromatic carbocycles. The minimum Gasteiger partial charge on any atom is -0.310 e. The van der Waals surface area contributed by atoms with Crippen molar-refractivity contribution in [1.29, 1.82) is 0 Å². The molecule has 0 amide bonds. The summed E-state index contributed by atoms with van der Waals surface area (Å²) in [5.74, 6) is 0. The molecule has 2 heteroatoms. The van der Waals surface area contributed by atoms with E-state index >= 15 is 0 Å². The van der Waals surface area contributed by atoms with Crippen LogP contribution in [-0.2, 0) is 0 Å². The zero-order valence-electron chi connectivity index (χ0n) is 11.8. The fourth-order valence-corrected chi connectivity index (χ4v) is 2.77. The summed E-state index contributed by atoms with van der Waals surface area (Å²) < 4.78 is 0. The smallest absolute Gasteiger partial charge is 0.0278 e. The average molecular weight is 226 g/mol. The van der Waals surface area contributed by atoms with Crippen LogP contribution >= 0.6 is 0 Å². The van der Waals surface area contributed by atoms with Gasteiger partial charge in [-0.05, 0) is 46.6 Å². The van der Waals surface area contributed by atoms with Gasteiger partial charge < -0.3 is 5.32 Å². The Morgan fingerprint density at radius 3 is 2.69 bits per heavy atom. The molecule has 0 bridgehead atoms. The van der Waals surface area contributed by atoms with Crippen LogP contribution in [0.25, 0.3) is 0 Å². The summed E-state index contributed by atoms with van der Waals surface area (Å²) in [4.78, 5) is 2.72. The van der Waals surface area contributed by atoms with Gasteiger partial charge in [-0.2, -0.15) is 0 Å². The Morgan fingerprint density at radius 2 is 2.12 bits per heavy atom. The summed E-state index contributed by atoms with van der Waals surface area (Å²) in [6.07, 6.45) is 5.11. The highest BCUT2D eigenvalue weighted by molar-refractivity contribution is 4.92. The molecular weight excluding hydrogens is 196 g/mol. The molecule has 2 nitrogen and oxygen atoms in total. The molecule has 0 radical (unpaired) electrons. The van der Waals surface area contributed by atoms with Crippen LogP contribution in [0.2, 0.25) is 0 Å². The van der Waals surface area contributed by atoms with E-state index in [2.05, 4.69) is 44.8 Å². The molecule has 1 aliphatic heterocycles. The van der Waals surface area contributed by atoms with Gasteiger partial charge in [0.25, 0.3) is 0 Å². The second kappa shape index (κ2) is 6.02. The van der Waals surface area contributed by atoms with Crippen molar-refractivity contribution in [3.05, 3.63) is 0 Å². The molecule has 1 aliphatic rings. The third-order valence-corrected chi connectivity index (χ3v) is 4.26. The summed E-state index contributed by atoms with van der Waals surface area (Å²) in [5, 5.41) is 3.72. The van der Waals surface area contributed by atoms with Crippen LogP contribution in [0.4, 0.5) is 0 Å². The van der Waals surface area contributed by atoms with Crippen molar-refractivity contribution in [2.45, 2.75) is 77.9 Å². The predicted octanol–water partition coefficient (Wildman–Crippen LogP) is 3.03. The maximum absolute atomic E-state index is 3.72. The number of nitrogens with zero attached hydrogens (tertiary/aromatic N) is 1. The molecule has 0 aromatic rings. The molecule has 0 spiro atoms. The fraction of sp³-hybridized carbons (Fsp3) is 1.00. The van der Waals surface area contributed by atoms with E-state index in [0.717, 1.165) is 12.1 Å². The standard InChI is InChI=1S/C14H30N2/c1-6-8-12(3)16-11-14(5,7-2)15-10-9-13(16)4/h12-13,15H,6-11H2,1-5H3. The highest BCUT2D eigenvalue weighted by Gasteiger charge is 2.32. The van der Waals surface area contributed by atoms with Crippen molar-refractivity contribution in [3.63, 3.8) is 0 Å². The first-order valence-electron chi connectivity index (χ1n) is 7.03. The van der Waals surface area contributed by atoms with E-state index in [1.165, 1.54) is 38.8 Å². The lowest BCUT2D eigenvalue weighted by atomic mass is 9.97. The molecule has 0 aromatic heterocycles. The normalized spacial score (nSPS) is 34.7. The minimum atomic E-state index is 0.312. The topological polar surface area (TPSA) is 15.3 Å². The van der Waals surface area contributed by atoms with Gasteiger partial charge in [0, 0.05) is 24.2 Å². The molecule has 1 fully saturated rings. The van der Waals surface area contributed by atoms with Gasteiger partial charge in [0.1, 0.15) is 0 Å². The van der Waals surface area contributed by atoms with Crippen molar-refractivity contribution in [2.75, 3.05) is 13.1 Å². The molecule has 0 saturated carbocycles. The molecule has 1 rings (SSSR count). The summed E-state index contributed by atoms with van der Waals surface area (Å²) in [6, 6.07) is 1.45. The highest BCUT2D eigenvalue weighted by atomic mass is 15.2. The van der Waals surface area contributed by atoms with Crippen LogP contribution in [0, 0.1) is 0 Å². The average Bonchev–Trinajstić information content (AvgIpc) is 2.40. The maximum atomic E-state index is 3.72. The van der Waals surface area contributed by atoms with Crippen LogP contribution in [0.1, 0.15) is 60.3 Å². The van der Waals surface area contributed by atoms with Crippen molar-refractivity contribution in [1.82, 2.24) is 10.2 Å². The van der Waals surface area contributed by atoms with Crippen molar-refractivity contribution >= 4 is 0 Å². The van der Waals surface area contributed by atoms with Gasteiger partial charge in [-0.1, -0.05) is 20.3 Å². The molecule has 1 heterocycles. The third kappa shape index (κ3) is 3.46. The number of hydrogen-bond donors (Lipinski definition) is 1. The lowest BCUT2D eigenvalue weighted by Gasteiger charge is -2.38. The molecule has 1 N–H and O–H groups in total. The Kier molecular flexibility index (Phi) is 5.26. The lowest BCUT2D eigenvalue weighted by Crippen LogP contribution is -2.51. The van der Waals surface area contributed by atoms with E-state index in [4.69, 9.17) is 0 Å². The quantitative estimate of drug-likeness (QED) is 0.792. The molecule has 1 saturated heterocycles. The first-order chi connectivity index (χ1) is 7.52. The Bertz CT molecular complexity index is 205. The molecule has 0 aliphatic carbocycles. The summed E-state index contributed by atoms with van der Waals surface area (Å²) in [7, 11) is 0. The predicted molar refractivity (Wildman–Crippen MR) is 71.9 cm³/mol. The van der Waals surface area contributed by atoms with Crippen LogP contribution < -0.4 is 5.32 Å². The minimum absolute atomic E-state index is 0.312. The number of rotatable bonds is 4. The molecule has 96 valence electrons. The second-order valence-corrected chi connectivity index (χ2v) is 5.79. The summed E-state index contributed by atoms with van der Waals surface area (Å²) in [6.45, 7) is 14.1. The van der Waals surface area contributed by atoms with Crippen LogP contribution in [0.5, 0.6) is 0 Å². The Morgan fingerprint density at radius 1 is 1.44 bits per heavy atom. The van der Waals surface area contributed by atoms with Gasteiger partial charge in [-0.15, -0.1) is 0 Å². The van der Waals surface area contributed by atoms with E-state index in [-0.39, 0.29) is 0 Å². The van der Waals surface area contributed by atoms with Crippen LogP contribution in [0.3, 0.4) is 0 Å². The zero-order chi connectivity index (χ0) is 12.2. The van der Waals surface area contributed by atoms with Crippen molar-refractivity contribution in [3.8, 4) is 0 Å². The summed E-state index contributed by atoms with van der Waals surface area (Å²) >= 11 is 0. The van der Waals surface area contributed by atoms with Gasteiger partial charge in [-0.3, -0.25) is 4.90 Å². The SMILES string of the molecule is CCCC(C)N1CC(C)(CC)NCCC1C. The van der Waals surface area contributed by atoms with E-state index in [0.29, 0.717) is 5.54 Å². The first kappa shape index (κ1) is 14.0. The van der Waals surface area contributed by atoms with Gasteiger partial charge in [0.2, 0.25) is 0 Å². The Labute approximate surface area is 102 Å². The second-order valence-electron chi connectivity index (χ2n) is 5.79. The largest absolute Gasteiger partial charge is 0.310 e. The monoisotopic (exact) mass is 226 g/mol. The molecule has 3 unspecified atom stereocenters. The highest BCUT2D eigenvalue weighted by Crippen LogP contribution is 2.22. The van der Waals surface area contributed by atoms with Gasteiger partial charge >= 0.3 is 0 Å². The van der Waals surface area contributed by atoms with Crippen LogP contribution in [-0.4, -0.2) is 35.6 Å². The zero-order valence-corrected chi connectivity index (χ0v) is 11.8. The fourth-order valence-electron chi connectivity index (χ4n) is 2.77. The molecular formula is C14H30N2. The molecule has 3 atom stereocenters. The third-order valence-electron chi connectivity index (χ3n) is 4.26. The Hall–Kier alpha value is -0.0800. The van der Waals surface area contributed by atoms with Crippen molar-refractivity contribution < 1.29 is 0 Å².